The van der Waals surface area contributed by atoms with Crippen molar-refractivity contribution >= 4 is 75.2 Å². The number of fused-ring (bicyclic) bond motifs is 7. The second-order valence-corrected chi connectivity index (χ2v) is 22.9. The molecule has 10 aromatic carbocycles. The number of thiophene rings is 1. The Hall–Kier alpha value is -7.52. The number of rotatable bonds is 7. The lowest BCUT2D eigenvalue weighted by Crippen LogP contribution is -2.46. The van der Waals surface area contributed by atoms with Crippen molar-refractivity contribution < 1.29 is 0 Å². The molecule has 0 fully saturated rings. The van der Waals surface area contributed by atoms with E-state index in [1.165, 1.54) is 103 Å². The van der Waals surface area contributed by atoms with E-state index in [0.717, 1.165) is 11.4 Å². The Balaban J connectivity index is 1.15. The van der Waals surface area contributed by atoms with Gasteiger partial charge in [0.2, 0.25) is 0 Å². The highest BCUT2D eigenvalue weighted by Gasteiger charge is 2.41. The first-order valence-corrected chi connectivity index (χ1v) is 26.0. The Morgan fingerprint density at radius 2 is 0.972 bits per heavy atom. The Kier molecular flexibility index (Phi) is 10.8. The van der Waals surface area contributed by atoms with E-state index in [1.54, 1.807) is 0 Å². The van der Waals surface area contributed by atoms with Crippen molar-refractivity contribution in [2.45, 2.75) is 70.8 Å². The van der Waals surface area contributed by atoms with Crippen LogP contribution in [0.2, 0.25) is 0 Å². The molecule has 12 rings (SSSR count). The van der Waals surface area contributed by atoms with Gasteiger partial charge in [0, 0.05) is 48.1 Å². The lowest BCUT2D eigenvalue weighted by atomic mass is 9.71. The van der Waals surface area contributed by atoms with E-state index in [1.807, 2.05) is 11.3 Å². The van der Waals surface area contributed by atoms with Gasteiger partial charge in [-0.15, -0.1) is 11.3 Å². The topological polar surface area (TPSA) is 3.24 Å². The molecule has 1 aliphatic carbocycles. The van der Waals surface area contributed by atoms with Crippen molar-refractivity contribution in [1.82, 2.24) is 0 Å². The highest BCUT2D eigenvalue weighted by atomic mass is 32.1. The van der Waals surface area contributed by atoms with Gasteiger partial charge in [0.25, 0.3) is 0 Å². The van der Waals surface area contributed by atoms with Crippen LogP contribution in [0.25, 0.3) is 85.9 Å². The fourth-order valence-electron chi connectivity index (χ4n) is 11.5. The van der Waals surface area contributed by atoms with Gasteiger partial charge >= 0.3 is 0 Å². The first-order valence-electron chi connectivity index (χ1n) is 25.2. The lowest BCUT2D eigenvalue weighted by molar-refractivity contribution is 0.515. The first kappa shape index (κ1) is 44.7. The molecule has 0 aliphatic heterocycles. The smallest absolute Gasteiger partial charge is 0.0654 e. The molecule has 0 radical (unpaired) electrons. The van der Waals surface area contributed by atoms with Crippen molar-refractivity contribution in [3.05, 3.63) is 241 Å². The normalized spacial score (nSPS) is 16.2. The van der Waals surface area contributed by atoms with Crippen LogP contribution in [0.4, 0.5) is 11.4 Å². The molecular formula is C69H59NS. The molecule has 0 spiro atoms. The number of anilines is 2. The van der Waals surface area contributed by atoms with E-state index in [2.05, 4.69) is 278 Å². The standard InChI is InChI=1S/C69H59NS/c1-67(2,3)48-42-47(43-49(44-48)68(4,5)6)51-29-18-23-46-24-19-32-57(65(46)51)56-27-11-14-35-61(56)70(60-34-13-10-26-55(60)53-31-20-30-52-50-25-9-8-22-45(50)39-40-54(52)53)64-38-16-17-41-69(64,7)59-33-21-37-63-66(59)58-28-12-15-36-62(58)71-63/h8-44,64H,1-7H3. The number of nitrogens with zero attached hydrogens (tertiary/aromatic N) is 1. The number of benzene rings is 10. The minimum absolute atomic E-state index is 0.0185. The van der Waals surface area contributed by atoms with E-state index in [9.17, 15) is 0 Å². The number of hydrogen-bond donors (Lipinski definition) is 0. The van der Waals surface area contributed by atoms with Crippen LogP contribution >= 0.6 is 11.3 Å². The third-order valence-corrected chi connectivity index (χ3v) is 16.4. The lowest BCUT2D eigenvalue weighted by Gasteiger charge is -2.45. The molecule has 1 aromatic heterocycles. The zero-order valence-electron chi connectivity index (χ0n) is 41.8. The van der Waals surface area contributed by atoms with Crippen molar-refractivity contribution in [3.8, 4) is 33.4 Å². The monoisotopic (exact) mass is 933 g/mol. The number of allylic oxidation sites excluding steroid dienone is 2. The maximum absolute atomic E-state index is 2.69. The molecule has 2 unspecified atom stereocenters. The van der Waals surface area contributed by atoms with Crippen LogP contribution in [0, 0.1) is 0 Å². The highest BCUT2D eigenvalue weighted by molar-refractivity contribution is 7.25. The molecule has 1 aliphatic rings. The molecule has 2 heteroatoms. The molecule has 0 N–H and O–H groups in total. The molecule has 71 heavy (non-hydrogen) atoms. The van der Waals surface area contributed by atoms with Crippen LogP contribution in [0.5, 0.6) is 0 Å². The van der Waals surface area contributed by atoms with E-state index >= 15 is 0 Å². The van der Waals surface area contributed by atoms with Crippen LogP contribution in [-0.4, -0.2) is 6.04 Å². The van der Waals surface area contributed by atoms with Crippen LogP contribution in [0.15, 0.2) is 224 Å². The van der Waals surface area contributed by atoms with Gasteiger partial charge in [-0.3, -0.25) is 0 Å². The molecule has 346 valence electrons. The summed E-state index contributed by atoms with van der Waals surface area (Å²) in [4.78, 5) is 2.69. The third-order valence-electron chi connectivity index (χ3n) is 15.3. The number of para-hydroxylation sites is 2. The third kappa shape index (κ3) is 7.59. The summed E-state index contributed by atoms with van der Waals surface area (Å²) in [5.41, 5.74) is 13.2. The summed E-state index contributed by atoms with van der Waals surface area (Å²) in [6.07, 6.45) is 9.46. The van der Waals surface area contributed by atoms with Gasteiger partial charge in [0.1, 0.15) is 0 Å². The summed E-state index contributed by atoms with van der Waals surface area (Å²) < 4.78 is 2.63. The molecule has 2 atom stereocenters. The van der Waals surface area contributed by atoms with Gasteiger partial charge < -0.3 is 4.90 Å². The Morgan fingerprint density at radius 1 is 0.423 bits per heavy atom. The van der Waals surface area contributed by atoms with Gasteiger partial charge in [-0.25, -0.2) is 0 Å². The maximum Gasteiger partial charge on any atom is 0.0654 e. The summed E-state index contributed by atoms with van der Waals surface area (Å²) in [6.45, 7) is 16.5. The summed E-state index contributed by atoms with van der Waals surface area (Å²) >= 11 is 1.89. The summed E-state index contributed by atoms with van der Waals surface area (Å²) in [6, 6.07) is 75.4. The van der Waals surface area contributed by atoms with Gasteiger partial charge in [-0.1, -0.05) is 242 Å². The molecule has 0 bridgehead atoms. The zero-order chi connectivity index (χ0) is 48.6. The summed E-state index contributed by atoms with van der Waals surface area (Å²) in [7, 11) is 0. The minimum atomic E-state index is -0.464. The van der Waals surface area contributed by atoms with Crippen LogP contribution in [0.3, 0.4) is 0 Å². The zero-order valence-corrected chi connectivity index (χ0v) is 42.6. The molecule has 0 amide bonds. The Morgan fingerprint density at radius 3 is 1.70 bits per heavy atom. The van der Waals surface area contributed by atoms with E-state index in [4.69, 9.17) is 0 Å². The van der Waals surface area contributed by atoms with E-state index in [0.29, 0.717) is 0 Å². The van der Waals surface area contributed by atoms with Crippen molar-refractivity contribution in [3.63, 3.8) is 0 Å². The van der Waals surface area contributed by atoms with Crippen LogP contribution in [0.1, 0.15) is 65.2 Å². The van der Waals surface area contributed by atoms with Crippen LogP contribution < -0.4 is 4.90 Å². The molecule has 0 saturated carbocycles. The molecule has 1 heterocycles. The van der Waals surface area contributed by atoms with Crippen molar-refractivity contribution in [2.24, 2.45) is 0 Å². The minimum Gasteiger partial charge on any atom is -0.332 e. The van der Waals surface area contributed by atoms with Crippen LogP contribution in [-0.2, 0) is 16.2 Å². The summed E-state index contributed by atoms with van der Waals surface area (Å²) in [5.74, 6) is 0. The SMILES string of the molecule is CC(C)(C)c1cc(-c2cccc3cccc(-c4ccccc4N(c4ccccc4-c4cccc5c4ccc4ccccc45)C4C=CC=CC4(C)c4cccc5sc6ccccc6c45)c23)cc(C(C)(C)C)c1. The van der Waals surface area contributed by atoms with Gasteiger partial charge in [0.15, 0.2) is 0 Å². The largest absolute Gasteiger partial charge is 0.332 e. The number of hydrogen-bond acceptors (Lipinski definition) is 2. The second kappa shape index (κ2) is 17.1. The molecule has 0 saturated heterocycles. The fraction of sp³-hybridized carbons (Fsp3) is 0.159. The molecule has 1 nitrogen and oxygen atoms in total. The average molecular weight is 934 g/mol. The van der Waals surface area contributed by atoms with Crippen molar-refractivity contribution in [1.29, 1.82) is 0 Å². The maximum atomic E-state index is 2.69. The molecule has 11 aromatic rings. The first-order chi connectivity index (χ1) is 34.4. The van der Waals surface area contributed by atoms with Gasteiger partial charge in [0.05, 0.1) is 6.04 Å². The van der Waals surface area contributed by atoms with Gasteiger partial charge in [-0.05, 0) is 113 Å². The Labute approximate surface area is 423 Å². The average Bonchev–Trinajstić information content (AvgIpc) is 3.77. The Bertz CT molecular complexity index is 3900. The molecular weight excluding hydrogens is 875 g/mol. The summed E-state index contributed by atoms with van der Waals surface area (Å²) in [5, 5.41) is 10.2. The predicted molar refractivity (Wildman–Crippen MR) is 310 cm³/mol. The quantitative estimate of drug-likeness (QED) is 0.144. The fourth-order valence-corrected chi connectivity index (χ4v) is 12.7. The second-order valence-electron chi connectivity index (χ2n) is 21.8. The van der Waals surface area contributed by atoms with Crippen molar-refractivity contribution in [2.75, 3.05) is 4.90 Å². The predicted octanol–water partition coefficient (Wildman–Crippen LogP) is 19.7. The van der Waals surface area contributed by atoms with Gasteiger partial charge in [-0.2, -0.15) is 0 Å². The highest BCUT2D eigenvalue weighted by Crippen LogP contribution is 2.52. The van der Waals surface area contributed by atoms with E-state index < -0.39 is 5.41 Å². The van der Waals surface area contributed by atoms with E-state index in [-0.39, 0.29) is 16.9 Å².